The molecular weight excluding hydrogens is 236 g/mol. The van der Waals surface area contributed by atoms with E-state index >= 15 is 0 Å². The molecule has 0 aromatic heterocycles. The van der Waals surface area contributed by atoms with E-state index in [1.807, 2.05) is 6.92 Å². The molecule has 0 bridgehead atoms. The summed E-state index contributed by atoms with van der Waals surface area (Å²) in [6.07, 6.45) is 0. The second-order valence-electron chi connectivity index (χ2n) is 3.35. The number of hydrogen-bond acceptors (Lipinski definition) is 3. The lowest BCUT2D eigenvalue weighted by atomic mass is 10.1. The number of rotatable bonds is 3. The van der Waals surface area contributed by atoms with Crippen LogP contribution in [0.25, 0.3) is 0 Å². The van der Waals surface area contributed by atoms with Crippen molar-refractivity contribution in [2.24, 2.45) is 0 Å². The molecule has 15 heavy (non-hydrogen) atoms. The standard InChI is InChI=1S/C10H13ClO3S/c1-7-6-9(4-5-10(7)14-3)8(2)15(11,12)13/h4-6,8H,1-3H3. The predicted octanol–water partition coefficient (Wildman–Crippen LogP) is 2.63. The van der Waals surface area contributed by atoms with Crippen molar-refractivity contribution >= 4 is 19.7 Å². The van der Waals surface area contributed by atoms with Crippen molar-refractivity contribution in [1.29, 1.82) is 0 Å². The number of halogens is 1. The van der Waals surface area contributed by atoms with Gasteiger partial charge in [-0.15, -0.1) is 0 Å². The Morgan fingerprint density at radius 1 is 1.40 bits per heavy atom. The Kier molecular flexibility index (Phi) is 3.62. The monoisotopic (exact) mass is 248 g/mol. The molecule has 0 aliphatic rings. The Hall–Kier alpha value is -0.740. The third-order valence-electron chi connectivity index (χ3n) is 2.31. The van der Waals surface area contributed by atoms with Crippen LogP contribution in [-0.2, 0) is 9.05 Å². The van der Waals surface area contributed by atoms with E-state index in [-0.39, 0.29) is 0 Å². The van der Waals surface area contributed by atoms with Gasteiger partial charge in [0.25, 0.3) is 0 Å². The summed E-state index contributed by atoms with van der Waals surface area (Å²) in [5.74, 6) is 0.734. The van der Waals surface area contributed by atoms with Crippen LogP contribution in [0.5, 0.6) is 5.75 Å². The fourth-order valence-corrected chi connectivity index (χ4v) is 2.10. The summed E-state index contributed by atoms with van der Waals surface area (Å²) in [5.41, 5.74) is 1.56. The number of hydrogen-bond donors (Lipinski definition) is 0. The largest absolute Gasteiger partial charge is 0.496 e. The number of benzene rings is 1. The van der Waals surface area contributed by atoms with Gasteiger partial charge >= 0.3 is 0 Å². The molecule has 0 radical (unpaired) electrons. The molecule has 1 rings (SSSR count). The Morgan fingerprint density at radius 2 is 2.00 bits per heavy atom. The van der Waals surface area contributed by atoms with Gasteiger partial charge in [0.2, 0.25) is 9.05 Å². The average Bonchev–Trinajstić information content (AvgIpc) is 2.15. The van der Waals surface area contributed by atoms with Crippen LogP contribution in [-0.4, -0.2) is 15.5 Å². The summed E-state index contributed by atoms with van der Waals surface area (Å²) in [4.78, 5) is 0. The van der Waals surface area contributed by atoms with Crippen molar-refractivity contribution in [2.45, 2.75) is 19.1 Å². The van der Waals surface area contributed by atoms with E-state index in [0.29, 0.717) is 5.56 Å². The first-order valence-electron chi connectivity index (χ1n) is 4.44. The molecule has 1 unspecified atom stereocenters. The van der Waals surface area contributed by atoms with Gasteiger partial charge in [0.1, 0.15) is 5.75 Å². The van der Waals surface area contributed by atoms with Gasteiger partial charge in [-0.05, 0) is 31.0 Å². The van der Waals surface area contributed by atoms with Crippen molar-refractivity contribution < 1.29 is 13.2 Å². The first kappa shape index (κ1) is 12.3. The van der Waals surface area contributed by atoms with Gasteiger partial charge in [-0.3, -0.25) is 0 Å². The minimum absolute atomic E-state index is 0.670. The smallest absolute Gasteiger partial charge is 0.239 e. The molecule has 0 aliphatic heterocycles. The minimum Gasteiger partial charge on any atom is -0.496 e. The summed E-state index contributed by atoms with van der Waals surface area (Å²) in [5, 5.41) is -0.705. The fraction of sp³-hybridized carbons (Fsp3) is 0.400. The highest BCUT2D eigenvalue weighted by atomic mass is 35.7. The Morgan fingerprint density at radius 3 is 2.40 bits per heavy atom. The lowest BCUT2D eigenvalue weighted by Crippen LogP contribution is -2.03. The van der Waals surface area contributed by atoms with Crippen LogP contribution in [0.2, 0.25) is 0 Å². The maximum Gasteiger partial charge on any atom is 0.239 e. The highest BCUT2D eigenvalue weighted by Crippen LogP contribution is 2.28. The molecule has 0 fully saturated rings. The normalized spacial score (nSPS) is 13.6. The molecule has 0 saturated carbocycles. The van der Waals surface area contributed by atoms with Crippen LogP contribution in [0.3, 0.4) is 0 Å². The van der Waals surface area contributed by atoms with Gasteiger partial charge in [0.15, 0.2) is 0 Å². The second-order valence-corrected chi connectivity index (χ2v) is 6.30. The Labute approximate surface area is 94.4 Å². The molecule has 0 aliphatic carbocycles. The van der Waals surface area contributed by atoms with Gasteiger partial charge in [0.05, 0.1) is 12.4 Å². The van der Waals surface area contributed by atoms with Crippen molar-refractivity contribution in [2.75, 3.05) is 7.11 Å². The third-order valence-corrected chi connectivity index (χ3v) is 4.23. The van der Waals surface area contributed by atoms with Gasteiger partial charge in [-0.2, -0.15) is 0 Å². The summed E-state index contributed by atoms with van der Waals surface area (Å²) in [7, 11) is 3.30. The van der Waals surface area contributed by atoms with E-state index in [9.17, 15) is 8.42 Å². The molecule has 0 saturated heterocycles. The first-order chi connectivity index (χ1) is 6.86. The van der Waals surface area contributed by atoms with E-state index in [4.69, 9.17) is 15.4 Å². The molecule has 3 nitrogen and oxygen atoms in total. The molecule has 0 N–H and O–H groups in total. The molecule has 0 heterocycles. The quantitative estimate of drug-likeness (QED) is 0.773. The zero-order valence-electron chi connectivity index (χ0n) is 8.82. The highest BCUT2D eigenvalue weighted by Gasteiger charge is 2.20. The summed E-state index contributed by atoms with van der Waals surface area (Å²) < 4.78 is 27.3. The summed E-state index contributed by atoms with van der Waals surface area (Å²) >= 11 is 0. The number of aryl methyl sites for hydroxylation is 1. The van der Waals surface area contributed by atoms with Crippen LogP contribution in [0, 0.1) is 6.92 Å². The van der Waals surface area contributed by atoms with Gasteiger partial charge in [0, 0.05) is 10.7 Å². The topological polar surface area (TPSA) is 43.4 Å². The van der Waals surface area contributed by atoms with Crippen LogP contribution in [0.4, 0.5) is 0 Å². The molecule has 84 valence electrons. The van der Waals surface area contributed by atoms with Crippen LogP contribution in [0.15, 0.2) is 18.2 Å². The molecular formula is C10H13ClO3S. The van der Waals surface area contributed by atoms with Gasteiger partial charge in [-0.25, -0.2) is 8.42 Å². The minimum atomic E-state index is -3.56. The lowest BCUT2D eigenvalue weighted by molar-refractivity contribution is 0.411. The van der Waals surface area contributed by atoms with Gasteiger partial charge in [-0.1, -0.05) is 12.1 Å². The number of methoxy groups -OCH3 is 1. The Bertz CT molecular complexity index is 454. The zero-order chi connectivity index (χ0) is 11.6. The number of ether oxygens (including phenoxy) is 1. The molecule has 1 aromatic carbocycles. The van der Waals surface area contributed by atoms with E-state index in [0.717, 1.165) is 11.3 Å². The van der Waals surface area contributed by atoms with Crippen LogP contribution >= 0.6 is 10.7 Å². The van der Waals surface area contributed by atoms with Crippen LogP contribution < -0.4 is 4.74 Å². The van der Waals surface area contributed by atoms with Crippen molar-refractivity contribution in [1.82, 2.24) is 0 Å². The molecule has 0 amide bonds. The van der Waals surface area contributed by atoms with E-state index < -0.39 is 14.3 Å². The second kappa shape index (κ2) is 4.41. The van der Waals surface area contributed by atoms with Crippen LogP contribution in [0.1, 0.15) is 23.3 Å². The first-order valence-corrected chi connectivity index (χ1v) is 6.81. The maximum atomic E-state index is 11.1. The molecule has 1 aromatic rings. The highest BCUT2D eigenvalue weighted by molar-refractivity contribution is 8.13. The summed E-state index contributed by atoms with van der Waals surface area (Å²) in [6, 6.07) is 5.21. The molecule has 0 spiro atoms. The lowest BCUT2D eigenvalue weighted by Gasteiger charge is -2.11. The molecule has 5 heteroatoms. The Balaban J connectivity index is 3.13. The van der Waals surface area contributed by atoms with Crippen molar-refractivity contribution in [3.8, 4) is 5.75 Å². The SMILES string of the molecule is COc1ccc(C(C)S(=O)(=O)Cl)cc1C. The maximum absolute atomic E-state index is 11.1. The summed E-state index contributed by atoms with van der Waals surface area (Å²) in [6.45, 7) is 3.42. The van der Waals surface area contributed by atoms with E-state index in [1.54, 1.807) is 32.2 Å². The zero-order valence-corrected chi connectivity index (χ0v) is 10.4. The fourth-order valence-electron chi connectivity index (χ4n) is 1.32. The average molecular weight is 249 g/mol. The van der Waals surface area contributed by atoms with Crippen molar-refractivity contribution in [3.63, 3.8) is 0 Å². The van der Waals surface area contributed by atoms with E-state index in [2.05, 4.69) is 0 Å². The van der Waals surface area contributed by atoms with Crippen molar-refractivity contribution in [3.05, 3.63) is 29.3 Å². The molecule has 1 atom stereocenters. The third kappa shape index (κ3) is 2.86. The van der Waals surface area contributed by atoms with Gasteiger partial charge < -0.3 is 4.74 Å². The predicted molar refractivity (Wildman–Crippen MR) is 60.9 cm³/mol. The van der Waals surface area contributed by atoms with E-state index in [1.165, 1.54) is 0 Å².